The van der Waals surface area contributed by atoms with Crippen LogP contribution in [0.5, 0.6) is 0 Å². The molecule has 0 aliphatic carbocycles. The van der Waals surface area contributed by atoms with Gasteiger partial charge < -0.3 is 28.6 Å². The standard InChI is InChI=1S/C52H83NO7/c1-6-8-10-12-14-16-18-20-21-22-23-24-25-26-27-28-29-31-33-35-37-39-41-43-51(55)60-48(46-58-45-44-49(52(56)57)53(3,4)5)47-59-50(54)42-40-38-36-34-32-30-19-17-15-13-11-9-7-2/h8-11,13-17,19-21,23-24,26-27,29,31,48-49H,6-7,12,18,22,25,28,30,32-47H2,1-5H3/b10-8+,11-9+,15-13+,16-14+,19-17+,21-20+,24-23+,27-26+,31-29+. The zero-order valence-electron chi connectivity index (χ0n) is 38.3. The number of quaternary nitrogens is 1. The average molecular weight is 834 g/mol. The molecule has 0 heterocycles. The van der Waals surface area contributed by atoms with Gasteiger partial charge in [-0.2, -0.15) is 0 Å². The van der Waals surface area contributed by atoms with Crippen LogP contribution in [0.15, 0.2) is 109 Å². The number of hydrogen-bond acceptors (Lipinski definition) is 7. The molecule has 0 amide bonds. The van der Waals surface area contributed by atoms with Crippen molar-refractivity contribution < 1.29 is 38.2 Å². The van der Waals surface area contributed by atoms with Crippen LogP contribution in [0, 0.1) is 0 Å². The molecule has 0 aliphatic rings. The van der Waals surface area contributed by atoms with Crippen molar-refractivity contribution >= 4 is 17.9 Å². The Balaban J connectivity index is 4.40. The second kappa shape index (κ2) is 41.7. The Hall–Kier alpha value is -4.01. The highest BCUT2D eigenvalue weighted by molar-refractivity contribution is 5.70. The van der Waals surface area contributed by atoms with E-state index in [0.29, 0.717) is 6.42 Å². The number of carbonyl (C=O) groups excluding carboxylic acids is 3. The molecule has 2 unspecified atom stereocenters. The summed E-state index contributed by atoms with van der Waals surface area (Å²) in [5.41, 5.74) is 0. The first-order valence-electron chi connectivity index (χ1n) is 22.9. The normalized spacial score (nSPS) is 13.9. The van der Waals surface area contributed by atoms with Gasteiger partial charge in [0.2, 0.25) is 0 Å². The second-order valence-corrected chi connectivity index (χ2v) is 15.9. The molecule has 0 fully saturated rings. The summed E-state index contributed by atoms with van der Waals surface area (Å²) < 4.78 is 17.1. The summed E-state index contributed by atoms with van der Waals surface area (Å²) >= 11 is 0. The molecular formula is C52H83NO7. The molecule has 0 N–H and O–H groups in total. The van der Waals surface area contributed by atoms with E-state index in [1.807, 2.05) is 12.2 Å². The van der Waals surface area contributed by atoms with Crippen LogP contribution in [0.4, 0.5) is 0 Å². The number of nitrogens with zero attached hydrogens (tertiary/aromatic N) is 1. The predicted octanol–water partition coefficient (Wildman–Crippen LogP) is 11.5. The van der Waals surface area contributed by atoms with Gasteiger partial charge in [-0.3, -0.25) is 9.59 Å². The fraction of sp³-hybridized carbons (Fsp3) is 0.596. The molecule has 2 atom stereocenters. The number of carboxylic acids is 1. The fourth-order valence-corrected chi connectivity index (χ4v) is 5.95. The van der Waals surface area contributed by atoms with Crippen LogP contribution >= 0.6 is 0 Å². The summed E-state index contributed by atoms with van der Waals surface area (Å²) in [5, 5.41) is 11.6. The van der Waals surface area contributed by atoms with Crippen molar-refractivity contribution in [3.05, 3.63) is 109 Å². The van der Waals surface area contributed by atoms with Crippen molar-refractivity contribution in [2.75, 3.05) is 41.0 Å². The van der Waals surface area contributed by atoms with Gasteiger partial charge in [-0.25, -0.2) is 0 Å². The number of ether oxygens (including phenoxy) is 3. The molecule has 0 saturated carbocycles. The Morgan fingerprint density at radius 1 is 0.517 bits per heavy atom. The van der Waals surface area contributed by atoms with E-state index < -0.39 is 18.1 Å². The molecule has 0 aromatic heterocycles. The lowest BCUT2D eigenvalue weighted by atomic mass is 10.1. The summed E-state index contributed by atoms with van der Waals surface area (Å²) in [6.07, 6.45) is 56.9. The summed E-state index contributed by atoms with van der Waals surface area (Å²) in [6, 6.07) is -0.741. The van der Waals surface area contributed by atoms with E-state index in [1.54, 1.807) is 21.1 Å². The van der Waals surface area contributed by atoms with E-state index in [2.05, 4.69) is 111 Å². The molecule has 60 heavy (non-hydrogen) atoms. The van der Waals surface area contributed by atoms with E-state index >= 15 is 0 Å². The Kier molecular flexibility index (Phi) is 38.9. The van der Waals surface area contributed by atoms with Crippen LogP contribution in [0.1, 0.15) is 149 Å². The molecular weight excluding hydrogens is 751 g/mol. The number of allylic oxidation sites excluding steroid dienone is 18. The maximum atomic E-state index is 12.7. The molecule has 8 nitrogen and oxygen atoms in total. The maximum Gasteiger partial charge on any atom is 0.306 e. The van der Waals surface area contributed by atoms with Crippen molar-refractivity contribution in [2.24, 2.45) is 0 Å². The maximum absolute atomic E-state index is 12.7. The number of carboxylic acid groups (broad SMARTS) is 1. The van der Waals surface area contributed by atoms with Gasteiger partial charge >= 0.3 is 11.9 Å². The molecule has 0 bridgehead atoms. The highest BCUT2D eigenvalue weighted by Crippen LogP contribution is 2.12. The van der Waals surface area contributed by atoms with Gasteiger partial charge in [-0.15, -0.1) is 0 Å². The summed E-state index contributed by atoms with van der Waals surface area (Å²) in [5.74, 6) is -1.81. The van der Waals surface area contributed by atoms with E-state index in [-0.39, 0.29) is 49.1 Å². The lowest BCUT2D eigenvalue weighted by Crippen LogP contribution is -2.55. The first-order valence-corrected chi connectivity index (χ1v) is 22.9. The molecule has 0 aromatic rings. The molecule has 338 valence electrons. The molecule has 0 aromatic carbocycles. The van der Waals surface area contributed by atoms with E-state index in [1.165, 1.54) is 0 Å². The largest absolute Gasteiger partial charge is 0.544 e. The zero-order valence-corrected chi connectivity index (χ0v) is 38.3. The van der Waals surface area contributed by atoms with Gasteiger partial charge in [-0.05, 0) is 83.5 Å². The zero-order chi connectivity index (χ0) is 44.2. The molecule has 0 radical (unpaired) electrons. The van der Waals surface area contributed by atoms with Crippen molar-refractivity contribution in [3.8, 4) is 0 Å². The number of likely N-dealkylation sites (N-methyl/N-ethyl adjacent to an activating group) is 1. The van der Waals surface area contributed by atoms with Gasteiger partial charge in [0.25, 0.3) is 0 Å². The Labute approximate surface area is 366 Å². The van der Waals surface area contributed by atoms with Crippen molar-refractivity contribution in [3.63, 3.8) is 0 Å². The lowest BCUT2D eigenvalue weighted by Gasteiger charge is -2.34. The van der Waals surface area contributed by atoms with Crippen molar-refractivity contribution in [1.82, 2.24) is 0 Å². The van der Waals surface area contributed by atoms with Crippen LogP contribution in [0.2, 0.25) is 0 Å². The number of unbranched alkanes of at least 4 members (excludes halogenated alkanes) is 9. The van der Waals surface area contributed by atoms with Gasteiger partial charge in [0, 0.05) is 19.3 Å². The van der Waals surface area contributed by atoms with Crippen LogP contribution in [0.25, 0.3) is 0 Å². The van der Waals surface area contributed by atoms with Gasteiger partial charge in [0.1, 0.15) is 12.6 Å². The van der Waals surface area contributed by atoms with Crippen LogP contribution in [-0.2, 0) is 28.6 Å². The first-order chi connectivity index (χ1) is 29.1. The van der Waals surface area contributed by atoms with Crippen LogP contribution < -0.4 is 5.11 Å². The minimum absolute atomic E-state index is 0.0154. The third kappa shape index (κ3) is 39.5. The molecule has 0 spiro atoms. The third-order valence-electron chi connectivity index (χ3n) is 9.47. The van der Waals surface area contributed by atoms with Crippen molar-refractivity contribution in [2.45, 2.75) is 161 Å². The van der Waals surface area contributed by atoms with Crippen LogP contribution in [-0.4, -0.2) is 75.5 Å². The molecule has 0 saturated heterocycles. The number of rotatable bonds is 39. The topological polar surface area (TPSA) is 102 Å². The minimum atomic E-state index is -1.14. The fourth-order valence-electron chi connectivity index (χ4n) is 5.95. The number of hydrogen-bond donors (Lipinski definition) is 0. The van der Waals surface area contributed by atoms with Gasteiger partial charge in [0.15, 0.2) is 6.10 Å². The highest BCUT2D eigenvalue weighted by Gasteiger charge is 2.25. The quantitative estimate of drug-likeness (QED) is 0.0200. The molecule has 0 rings (SSSR count). The van der Waals surface area contributed by atoms with Gasteiger partial charge in [0.05, 0.1) is 40.3 Å². The summed E-state index contributed by atoms with van der Waals surface area (Å²) in [7, 11) is 5.38. The monoisotopic (exact) mass is 834 g/mol. The summed E-state index contributed by atoms with van der Waals surface area (Å²) in [4.78, 5) is 36.9. The molecule has 0 aliphatic heterocycles. The van der Waals surface area contributed by atoms with E-state index in [4.69, 9.17) is 14.2 Å². The second-order valence-electron chi connectivity index (χ2n) is 15.9. The third-order valence-corrected chi connectivity index (χ3v) is 9.47. The summed E-state index contributed by atoms with van der Waals surface area (Å²) in [6.45, 7) is 4.34. The number of aliphatic carboxylic acids is 1. The smallest absolute Gasteiger partial charge is 0.306 e. The Morgan fingerprint density at radius 3 is 1.48 bits per heavy atom. The van der Waals surface area contributed by atoms with Gasteiger partial charge in [-0.1, -0.05) is 155 Å². The average Bonchev–Trinajstić information content (AvgIpc) is 3.21. The van der Waals surface area contributed by atoms with Crippen molar-refractivity contribution in [1.29, 1.82) is 0 Å². The van der Waals surface area contributed by atoms with E-state index in [9.17, 15) is 19.5 Å². The Morgan fingerprint density at radius 2 is 0.967 bits per heavy atom. The first kappa shape index (κ1) is 56.0. The SMILES string of the molecule is CC/C=C/C=C/C=C/CCCCCCCC(=O)OCC(COCCC(C(=O)[O-])[N+](C)(C)C)OC(=O)CCCCCC/C=C/C/C=C/C/C=C/C/C=C/C/C=C/C/C=C/CC. The highest BCUT2D eigenvalue weighted by atomic mass is 16.6. The Bertz CT molecular complexity index is 1340. The number of carbonyl (C=O) groups is 3. The molecule has 8 heteroatoms. The predicted molar refractivity (Wildman–Crippen MR) is 249 cm³/mol. The van der Waals surface area contributed by atoms with E-state index in [0.717, 1.165) is 116 Å². The number of esters is 2. The van der Waals surface area contributed by atoms with Crippen LogP contribution in [0.3, 0.4) is 0 Å². The minimum Gasteiger partial charge on any atom is -0.544 e. The lowest BCUT2D eigenvalue weighted by molar-refractivity contribution is -0.889.